The van der Waals surface area contributed by atoms with Crippen molar-refractivity contribution in [3.05, 3.63) is 28.8 Å². The molecule has 21 heavy (non-hydrogen) atoms. The van der Waals surface area contributed by atoms with Gasteiger partial charge in [0.2, 0.25) is 0 Å². The Morgan fingerprint density at radius 2 is 2.00 bits per heavy atom. The second kappa shape index (κ2) is 8.67. The van der Waals surface area contributed by atoms with Gasteiger partial charge in [0.1, 0.15) is 5.75 Å². The molecule has 1 unspecified atom stereocenters. The van der Waals surface area contributed by atoms with E-state index in [2.05, 4.69) is 25.2 Å². The highest BCUT2D eigenvalue weighted by Gasteiger charge is 2.15. The first-order valence-electron chi connectivity index (χ1n) is 7.66. The molecule has 0 amide bonds. The summed E-state index contributed by atoms with van der Waals surface area (Å²) in [5.41, 5.74) is 3.44. The van der Waals surface area contributed by atoms with Crippen molar-refractivity contribution in [2.45, 2.75) is 53.0 Å². The Bertz CT molecular complexity index is 471. The highest BCUT2D eigenvalue weighted by molar-refractivity contribution is 5.67. The van der Waals surface area contributed by atoms with Crippen molar-refractivity contribution in [1.29, 1.82) is 0 Å². The molecule has 1 aromatic carbocycles. The zero-order valence-electron chi connectivity index (χ0n) is 13.5. The molecule has 0 fully saturated rings. The molecule has 4 heteroatoms. The average Bonchev–Trinajstić information content (AvgIpc) is 2.41. The van der Waals surface area contributed by atoms with E-state index in [0.717, 1.165) is 36.3 Å². The number of aliphatic carboxylic acids is 1. The number of nitrogens with one attached hydrogen (secondary N) is 1. The molecule has 4 nitrogen and oxygen atoms in total. The van der Waals surface area contributed by atoms with Gasteiger partial charge in [0.05, 0.1) is 13.0 Å². The lowest BCUT2D eigenvalue weighted by molar-refractivity contribution is -0.137. The van der Waals surface area contributed by atoms with Gasteiger partial charge in [-0.1, -0.05) is 13.0 Å². The van der Waals surface area contributed by atoms with Crippen molar-refractivity contribution < 1.29 is 14.6 Å². The standard InChI is InChI=1S/C17H27NO3/c1-5-7-18-15(11-17(19)20)10-14-8-13(4)16(21-6-2)9-12(14)3/h8-9,15,18H,5-7,10-11H2,1-4H3,(H,19,20). The normalized spacial score (nSPS) is 12.2. The van der Waals surface area contributed by atoms with Crippen LogP contribution in [0.4, 0.5) is 0 Å². The van der Waals surface area contributed by atoms with Gasteiger partial charge in [-0.3, -0.25) is 4.79 Å². The third-order valence-electron chi connectivity index (χ3n) is 3.50. The van der Waals surface area contributed by atoms with Gasteiger partial charge < -0.3 is 15.2 Å². The molecule has 2 N–H and O–H groups in total. The van der Waals surface area contributed by atoms with Crippen molar-refractivity contribution in [3.8, 4) is 5.75 Å². The minimum Gasteiger partial charge on any atom is -0.494 e. The van der Waals surface area contributed by atoms with Crippen molar-refractivity contribution in [1.82, 2.24) is 5.32 Å². The average molecular weight is 293 g/mol. The van der Waals surface area contributed by atoms with E-state index < -0.39 is 5.97 Å². The molecule has 0 radical (unpaired) electrons. The van der Waals surface area contributed by atoms with Crippen molar-refractivity contribution in [2.24, 2.45) is 0 Å². The summed E-state index contributed by atoms with van der Waals surface area (Å²) in [5.74, 6) is 0.152. The molecule has 0 bridgehead atoms. The van der Waals surface area contributed by atoms with E-state index in [-0.39, 0.29) is 12.5 Å². The highest BCUT2D eigenvalue weighted by atomic mass is 16.5. The van der Waals surface area contributed by atoms with E-state index in [1.807, 2.05) is 19.9 Å². The Kier molecular flexibility index (Phi) is 7.23. The molecular formula is C17H27NO3. The lowest BCUT2D eigenvalue weighted by Crippen LogP contribution is -2.34. The number of carbonyl (C=O) groups is 1. The van der Waals surface area contributed by atoms with Gasteiger partial charge in [-0.05, 0) is 62.9 Å². The summed E-state index contributed by atoms with van der Waals surface area (Å²) in [4.78, 5) is 11.0. The van der Waals surface area contributed by atoms with Gasteiger partial charge in [0, 0.05) is 6.04 Å². The number of rotatable bonds is 9. The summed E-state index contributed by atoms with van der Waals surface area (Å²) in [6.45, 7) is 9.62. The Morgan fingerprint density at radius 3 is 2.57 bits per heavy atom. The predicted molar refractivity (Wildman–Crippen MR) is 85.1 cm³/mol. The van der Waals surface area contributed by atoms with E-state index in [1.54, 1.807) is 0 Å². The summed E-state index contributed by atoms with van der Waals surface area (Å²) in [7, 11) is 0. The van der Waals surface area contributed by atoms with Crippen LogP contribution in [0.3, 0.4) is 0 Å². The maximum Gasteiger partial charge on any atom is 0.304 e. The van der Waals surface area contributed by atoms with Crippen LogP contribution in [-0.4, -0.2) is 30.3 Å². The van der Waals surface area contributed by atoms with Gasteiger partial charge in [0.25, 0.3) is 0 Å². The first kappa shape index (κ1) is 17.5. The summed E-state index contributed by atoms with van der Waals surface area (Å²) in [6.07, 6.45) is 1.87. The Balaban J connectivity index is 2.87. The zero-order chi connectivity index (χ0) is 15.8. The summed E-state index contributed by atoms with van der Waals surface area (Å²) >= 11 is 0. The number of hydrogen-bond acceptors (Lipinski definition) is 3. The van der Waals surface area contributed by atoms with Crippen molar-refractivity contribution in [3.63, 3.8) is 0 Å². The topological polar surface area (TPSA) is 58.6 Å². The number of aryl methyl sites for hydroxylation is 2. The minimum atomic E-state index is -0.760. The van der Waals surface area contributed by atoms with Crippen LogP contribution in [0.5, 0.6) is 5.75 Å². The molecule has 0 saturated heterocycles. The van der Waals surface area contributed by atoms with Gasteiger partial charge in [-0.15, -0.1) is 0 Å². The van der Waals surface area contributed by atoms with E-state index in [9.17, 15) is 4.79 Å². The van der Waals surface area contributed by atoms with Gasteiger partial charge in [-0.2, -0.15) is 0 Å². The second-order valence-electron chi connectivity index (χ2n) is 5.43. The summed E-state index contributed by atoms with van der Waals surface area (Å²) < 4.78 is 5.60. The van der Waals surface area contributed by atoms with Crippen molar-refractivity contribution >= 4 is 5.97 Å². The lowest BCUT2D eigenvalue weighted by Gasteiger charge is -2.19. The molecule has 0 aliphatic carbocycles. The molecule has 0 spiro atoms. The quantitative estimate of drug-likeness (QED) is 0.734. The monoisotopic (exact) mass is 293 g/mol. The molecule has 1 rings (SSSR count). The minimum absolute atomic E-state index is 0.0292. The maximum absolute atomic E-state index is 11.0. The second-order valence-corrected chi connectivity index (χ2v) is 5.43. The number of carboxylic acids is 1. The predicted octanol–water partition coefficient (Wildman–Crippen LogP) is 3.09. The molecule has 0 aliphatic rings. The number of hydrogen-bond donors (Lipinski definition) is 2. The van der Waals surface area contributed by atoms with Gasteiger partial charge in [0.15, 0.2) is 0 Å². The number of ether oxygens (including phenoxy) is 1. The number of carboxylic acid groups (broad SMARTS) is 1. The van der Waals surface area contributed by atoms with Crippen LogP contribution >= 0.6 is 0 Å². The lowest BCUT2D eigenvalue weighted by atomic mass is 9.96. The summed E-state index contributed by atoms with van der Waals surface area (Å²) in [5, 5.41) is 12.4. The van der Waals surface area contributed by atoms with E-state index >= 15 is 0 Å². The van der Waals surface area contributed by atoms with Gasteiger partial charge >= 0.3 is 5.97 Å². The molecule has 0 aromatic heterocycles. The Labute approximate surface area is 127 Å². The zero-order valence-corrected chi connectivity index (χ0v) is 13.5. The Morgan fingerprint density at radius 1 is 1.29 bits per heavy atom. The van der Waals surface area contributed by atoms with Crippen LogP contribution in [0.25, 0.3) is 0 Å². The van der Waals surface area contributed by atoms with E-state index in [4.69, 9.17) is 9.84 Å². The molecule has 118 valence electrons. The first-order chi connectivity index (χ1) is 9.97. The Hall–Kier alpha value is -1.55. The van der Waals surface area contributed by atoms with Crippen LogP contribution in [0.15, 0.2) is 12.1 Å². The first-order valence-corrected chi connectivity index (χ1v) is 7.66. The van der Waals surface area contributed by atoms with Crippen LogP contribution < -0.4 is 10.1 Å². The summed E-state index contributed by atoms with van der Waals surface area (Å²) in [6, 6.07) is 4.13. The fourth-order valence-electron chi connectivity index (χ4n) is 2.42. The van der Waals surface area contributed by atoms with Crippen LogP contribution in [0, 0.1) is 13.8 Å². The number of benzene rings is 1. The molecular weight excluding hydrogens is 266 g/mol. The van der Waals surface area contributed by atoms with Gasteiger partial charge in [-0.25, -0.2) is 0 Å². The largest absolute Gasteiger partial charge is 0.494 e. The molecule has 1 aromatic rings. The third-order valence-corrected chi connectivity index (χ3v) is 3.50. The van der Waals surface area contributed by atoms with Crippen LogP contribution in [-0.2, 0) is 11.2 Å². The van der Waals surface area contributed by atoms with E-state index in [0.29, 0.717) is 6.61 Å². The smallest absolute Gasteiger partial charge is 0.304 e. The van der Waals surface area contributed by atoms with E-state index in [1.165, 1.54) is 5.56 Å². The molecule has 1 atom stereocenters. The molecule has 0 aliphatic heterocycles. The third kappa shape index (κ3) is 5.76. The van der Waals surface area contributed by atoms with Crippen LogP contribution in [0.2, 0.25) is 0 Å². The molecule has 0 saturated carbocycles. The van der Waals surface area contributed by atoms with Crippen molar-refractivity contribution in [2.75, 3.05) is 13.2 Å². The highest BCUT2D eigenvalue weighted by Crippen LogP contribution is 2.24. The van der Waals surface area contributed by atoms with Crippen LogP contribution in [0.1, 0.15) is 43.4 Å². The molecule has 0 heterocycles. The fourth-order valence-corrected chi connectivity index (χ4v) is 2.42. The fraction of sp³-hybridized carbons (Fsp3) is 0.588. The maximum atomic E-state index is 11.0. The SMILES string of the molecule is CCCNC(CC(=O)O)Cc1cc(C)c(OCC)cc1C.